The number of benzene rings is 6. The van der Waals surface area contributed by atoms with Gasteiger partial charge in [0.1, 0.15) is 32.9 Å². The predicted octanol–water partition coefficient (Wildman–Crippen LogP) is 8.48. The highest BCUT2D eigenvalue weighted by molar-refractivity contribution is 7.87. The summed E-state index contributed by atoms with van der Waals surface area (Å²) in [7, 11) is -8.49. The normalized spacial score (nSPS) is 13.4. The average molecular weight is 695 g/mol. The van der Waals surface area contributed by atoms with E-state index in [0.717, 1.165) is 81.9 Å². The highest BCUT2D eigenvalue weighted by atomic mass is 32.2. The smallest absolute Gasteiger partial charge is 0.339 e. The van der Waals surface area contributed by atoms with E-state index in [2.05, 4.69) is 12.1 Å². The van der Waals surface area contributed by atoms with E-state index in [9.17, 15) is 25.6 Å². The van der Waals surface area contributed by atoms with Gasteiger partial charge in [-0.1, -0.05) is 72.8 Å². The molecule has 1 aliphatic rings. The van der Waals surface area contributed by atoms with Gasteiger partial charge < -0.3 is 8.37 Å². The zero-order valence-corrected chi connectivity index (χ0v) is 27.9. The molecular formula is C39H28F2O6S2. The molecule has 0 spiro atoms. The molecule has 0 fully saturated rings. The van der Waals surface area contributed by atoms with Crippen LogP contribution in [-0.2, 0) is 25.7 Å². The van der Waals surface area contributed by atoms with Gasteiger partial charge in [-0.05, 0) is 119 Å². The fourth-order valence-corrected chi connectivity index (χ4v) is 8.49. The largest absolute Gasteiger partial charge is 0.379 e. The molecule has 0 N–H and O–H groups in total. The van der Waals surface area contributed by atoms with E-state index in [-0.39, 0.29) is 21.3 Å². The zero-order chi connectivity index (χ0) is 34.6. The number of aryl methyl sites for hydroxylation is 2. The average Bonchev–Trinajstić information content (AvgIpc) is 3.38. The maximum Gasteiger partial charge on any atom is 0.339 e. The van der Waals surface area contributed by atoms with Crippen LogP contribution in [0.1, 0.15) is 33.4 Å². The van der Waals surface area contributed by atoms with Crippen molar-refractivity contribution < 1.29 is 34.0 Å². The molecule has 7 rings (SSSR count). The lowest BCUT2D eigenvalue weighted by atomic mass is 9.67. The zero-order valence-electron chi connectivity index (χ0n) is 26.2. The Morgan fingerprint density at radius 3 is 1.22 bits per heavy atom. The van der Waals surface area contributed by atoms with Crippen molar-refractivity contribution in [1.29, 1.82) is 0 Å². The molecule has 0 atom stereocenters. The lowest BCUT2D eigenvalue weighted by Crippen LogP contribution is -2.29. The van der Waals surface area contributed by atoms with Crippen molar-refractivity contribution in [3.8, 4) is 22.6 Å². The maximum atomic E-state index is 13.5. The van der Waals surface area contributed by atoms with Gasteiger partial charge in [-0.25, -0.2) is 8.78 Å². The number of fused-ring (bicyclic) bond motifs is 3. The van der Waals surface area contributed by atoms with Crippen LogP contribution in [0.5, 0.6) is 11.5 Å². The molecule has 10 heteroatoms. The number of halogens is 2. The van der Waals surface area contributed by atoms with Gasteiger partial charge in [-0.3, -0.25) is 0 Å². The van der Waals surface area contributed by atoms with Crippen molar-refractivity contribution in [2.45, 2.75) is 29.1 Å². The molecule has 6 aromatic rings. The van der Waals surface area contributed by atoms with Crippen LogP contribution >= 0.6 is 0 Å². The third kappa shape index (κ3) is 5.56. The second-order valence-corrected chi connectivity index (χ2v) is 14.9. The van der Waals surface area contributed by atoms with Crippen LogP contribution in [0.15, 0.2) is 143 Å². The van der Waals surface area contributed by atoms with Gasteiger partial charge in [-0.15, -0.1) is 0 Å². The fraction of sp³-hybridized carbons (Fsp3) is 0.0769. The monoisotopic (exact) mass is 694 g/mol. The summed E-state index contributed by atoms with van der Waals surface area (Å²) in [5.74, 6) is -0.889. The van der Waals surface area contributed by atoms with Crippen molar-refractivity contribution in [2.24, 2.45) is 0 Å². The van der Waals surface area contributed by atoms with E-state index in [4.69, 9.17) is 8.37 Å². The molecule has 0 saturated carbocycles. The molecule has 49 heavy (non-hydrogen) atoms. The topological polar surface area (TPSA) is 86.7 Å². The van der Waals surface area contributed by atoms with Crippen molar-refractivity contribution in [3.05, 3.63) is 178 Å². The second-order valence-electron chi connectivity index (χ2n) is 11.8. The van der Waals surface area contributed by atoms with E-state index in [1.165, 1.54) is 0 Å². The van der Waals surface area contributed by atoms with Crippen molar-refractivity contribution in [1.82, 2.24) is 0 Å². The molecule has 0 unspecified atom stereocenters. The van der Waals surface area contributed by atoms with Crippen molar-refractivity contribution in [3.63, 3.8) is 0 Å². The first-order valence-electron chi connectivity index (χ1n) is 15.2. The first-order chi connectivity index (χ1) is 23.4. The van der Waals surface area contributed by atoms with Gasteiger partial charge >= 0.3 is 20.2 Å². The minimum Gasteiger partial charge on any atom is -0.379 e. The highest BCUT2D eigenvalue weighted by Crippen LogP contribution is 2.56. The minimum atomic E-state index is -4.25. The summed E-state index contributed by atoms with van der Waals surface area (Å²) < 4.78 is 90.3. The van der Waals surface area contributed by atoms with Crippen LogP contribution in [0.4, 0.5) is 8.78 Å². The van der Waals surface area contributed by atoms with Crippen molar-refractivity contribution >= 4 is 20.2 Å². The van der Waals surface area contributed by atoms with Gasteiger partial charge in [0.2, 0.25) is 0 Å². The Kier molecular flexibility index (Phi) is 7.88. The third-order valence-electron chi connectivity index (χ3n) is 8.77. The van der Waals surface area contributed by atoms with Crippen molar-refractivity contribution in [2.75, 3.05) is 0 Å². The minimum absolute atomic E-state index is 0.119. The van der Waals surface area contributed by atoms with Crippen LogP contribution < -0.4 is 8.37 Å². The van der Waals surface area contributed by atoms with Gasteiger partial charge in [-0.2, -0.15) is 16.8 Å². The Balaban J connectivity index is 1.36. The molecule has 0 amide bonds. The Bertz CT molecular complexity index is 2290. The van der Waals surface area contributed by atoms with Crippen LogP contribution in [0.3, 0.4) is 0 Å². The number of rotatable bonds is 8. The summed E-state index contributed by atoms with van der Waals surface area (Å²) in [5, 5.41) is 0. The Labute approximate surface area is 283 Å². The van der Waals surface area contributed by atoms with Crippen LogP contribution in [0, 0.1) is 25.5 Å². The van der Waals surface area contributed by atoms with Gasteiger partial charge in [0.15, 0.2) is 0 Å². The fourth-order valence-electron chi connectivity index (χ4n) is 6.51. The van der Waals surface area contributed by atoms with Crippen LogP contribution in [0.25, 0.3) is 11.1 Å². The van der Waals surface area contributed by atoms with Gasteiger partial charge in [0, 0.05) is 0 Å². The maximum absolute atomic E-state index is 13.5. The number of hydrogen-bond acceptors (Lipinski definition) is 6. The van der Waals surface area contributed by atoms with Crippen LogP contribution in [0.2, 0.25) is 0 Å². The highest BCUT2D eigenvalue weighted by Gasteiger charge is 2.46. The molecular weight excluding hydrogens is 667 g/mol. The number of hydrogen-bond donors (Lipinski definition) is 0. The van der Waals surface area contributed by atoms with E-state index >= 15 is 0 Å². The predicted molar refractivity (Wildman–Crippen MR) is 182 cm³/mol. The SMILES string of the molecule is Cc1cc(C2(c3ccc(OS(=O)(=O)c4ccc(F)cc4)c(C)c3)c3ccccc3-c3ccccc32)ccc1OS(=O)(=O)c1ccc(F)cc1. The summed E-state index contributed by atoms with van der Waals surface area (Å²) in [6.07, 6.45) is 0. The Morgan fingerprint density at radius 1 is 0.490 bits per heavy atom. The summed E-state index contributed by atoms with van der Waals surface area (Å²) >= 11 is 0. The molecule has 0 heterocycles. The summed E-state index contributed by atoms with van der Waals surface area (Å²) in [4.78, 5) is -0.349. The first-order valence-corrected chi connectivity index (χ1v) is 18.0. The first kappa shape index (κ1) is 32.2. The Hall–Kier alpha value is -5.32. The van der Waals surface area contributed by atoms with Crippen LogP contribution in [-0.4, -0.2) is 16.8 Å². The molecule has 0 aliphatic heterocycles. The van der Waals surface area contributed by atoms with E-state index in [1.807, 2.05) is 60.7 Å². The molecule has 0 radical (unpaired) electrons. The van der Waals surface area contributed by atoms with Gasteiger partial charge in [0.05, 0.1) is 5.41 Å². The second kappa shape index (κ2) is 12.0. The molecule has 6 aromatic carbocycles. The summed E-state index contributed by atoms with van der Waals surface area (Å²) in [5.41, 5.74) is 5.84. The van der Waals surface area contributed by atoms with Gasteiger partial charge in [0.25, 0.3) is 0 Å². The molecule has 0 saturated heterocycles. The molecule has 1 aliphatic carbocycles. The third-order valence-corrected chi connectivity index (χ3v) is 11.3. The molecule has 6 nitrogen and oxygen atoms in total. The standard InChI is InChI=1S/C39H28F2O6S2/c1-25-23-27(11-21-37(25)46-48(42,43)31-17-13-29(40)14-18-31)39(35-9-5-3-7-33(35)34-8-4-6-10-36(34)39)28-12-22-38(26(2)24-28)47-49(44,45)32-19-15-30(41)16-20-32/h3-24H,1-2H3. The molecule has 246 valence electrons. The van der Waals surface area contributed by atoms with E-state index in [0.29, 0.717) is 11.1 Å². The van der Waals surface area contributed by atoms with E-state index in [1.54, 1.807) is 26.0 Å². The molecule has 0 bridgehead atoms. The lowest BCUT2D eigenvalue weighted by molar-refractivity contribution is 0.482. The lowest BCUT2D eigenvalue weighted by Gasteiger charge is -2.34. The van der Waals surface area contributed by atoms with E-state index < -0.39 is 37.3 Å². The Morgan fingerprint density at radius 2 is 0.857 bits per heavy atom. The molecule has 0 aromatic heterocycles. The summed E-state index contributed by atoms with van der Waals surface area (Å²) in [6.45, 7) is 3.50. The quantitative estimate of drug-likeness (QED) is 0.148. The summed E-state index contributed by atoms with van der Waals surface area (Å²) in [6, 6.07) is 35.5.